The van der Waals surface area contributed by atoms with Crippen molar-refractivity contribution in [2.24, 2.45) is 11.3 Å². The Labute approximate surface area is 208 Å². The lowest BCUT2D eigenvalue weighted by atomic mass is 9.70. The lowest BCUT2D eigenvalue weighted by Crippen LogP contribution is -2.42. The Balaban J connectivity index is 1.28. The highest BCUT2D eigenvalue weighted by Gasteiger charge is 2.55. The number of hydrogen-bond acceptors (Lipinski definition) is 8. The van der Waals surface area contributed by atoms with Crippen molar-refractivity contribution in [1.29, 1.82) is 0 Å². The molecule has 0 aromatic carbocycles. The Morgan fingerprint density at radius 2 is 2.14 bits per heavy atom. The third-order valence-corrected chi connectivity index (χ3v) is 7.73. The van der Waals surface area contributed by atoms with Gasteiger partial charge >= 0.3 is 0 Å². The lowest BCUT2D eigenvalue weighted by molar-refractivity contribution is 0.102. The molecule has 1 amide bonds. The second-order valence-corrected chi connectivity index (χ2v) is 9.92. The van der Waals surface area contributed by atoms with Crippen LogP contribution in [-0.2, 0) is 4.74 Å². The maximum atomic E-state index is 14.5. The van der Waals surface area contributed by atoms with Crippen molar-refractivity contribution in [3.05, 3.63) is 41.7 Å². The number of carbonyl (C=O) groups is 1. The quantitative estimate of drug-likeness (QED) is 0.556. The lowest BCUT2D eigenvalue weighted by Gasteiger charge is -2.37. The second-order valence-electron chi connectivity index (χ2n) is 9.92. The molecular weight excluding hydrogens is 465 g/mol. The van der Waals surface area contributed by atoms with E-state index in [0.717, 1.165) is 39.1 Å². The second kappa shape index (κ2) is 8.97. The molecular formula is C25H30FN7O3. The van der Waals surface area contributed by atoms with Gasteiger partial charge in [0.1, 0.15) is 5.56 Å². The van der Waals surface area contributed by atoms with Gasteiger partial charge in [-0.05, 0) is 45.2 Å². The van der Waals surface area contributed by atoms with E-state index in [1.807, 2.05) is 6.92 Å². The molecule has 6 rings (SSSR count). The van der Waals surface area contributed by atoms with Gasteiger partial charge in [0.15, 0.2) is 11.5 Å². The summed E-state index contributed by atoms with van der Waals surface area (Å²) in [6.07, 6.45) is 7.02. The van der Waals surface area contributed by atoms with Crippen LogP contribution in [0.25, 0.3) is 5.65 Å². The van der Waals surface area contributed by atoms with Crippen molar-refractivity contribution < 1.29 is 18.7 Å². The average Bonchev–Trinajstić information content (AvgIpc) is 3.56. The third kappa shape index (κ3) is 3.86. The van der Waals surface area contributed by atoms with Gasteiger partial charge in [0.05, 0.1) is 37.2 Å². The minimum absolute atomic E-state index is 0.187. The zero-order chi connectivity index (χ0) is 24.9. The number of aryl methyl sites for hydroxylation is 1. The third-order valence-electron chi connectivity index (χ3n) is 7.73. The minimum atomic E-state index is -0.522. The number of imidazole rings is 1. The van der Waals surface area contributed by atoms with E-state index in [1.165, 1.54) is 12.3 Å². The van der Waals surface area contributed by atoms with Gasteiger partial charge < -0.3 is 29.4 Å². The molecule has 1 spiro atoms. The molecule has 3 aliphatic heterocycles. The Morgan fingerprint density at radius 3 is 2.94 bits per heavy atom. The van der Waals surface area contributed by atoms with Gasteiger partial charge in [-0.3, -0.25) is 4.79 Å². The minimum Gasteiger partial charge on any atom is -0.477 e. The molecule has 3 saturated heterocycles. The van der Waals surface area contributed by atoms with Crippen LogP contribution in [0.3, 0.4) is 0 Å². The van der Waals surface area contributed by atoms with E-state index >= 15 is 0 Å². The Hall–Kier alpha value is -3.31. The van der Waals surface area contributed by atoms with Gasteiger partial charge in [-0.1, -0.05) is 0 Å². The number of rotatable bonds is 5. The zero-order valence-electron chi connectivity index (χ0n) is 20.5. The van der Waals surface area contributed by atoms with Gasteiger partial charge in [-0.15, -0.1) is 0 Å². The number of hydrogen-bond donors (Lipinski definition) is 2. The summed E-state index contributed by atoms with van der Waals surface area (Å²) in [5, 5.41) is 6.21. The van der Waals surface area contributed by atoms with E-state index in [-0.39, 0.29) is 28.5 Å². The summed E-state index contributed by atoms with van der Waals surface area (Å²) in [4.78, 5) is 28.8. The van der Waals surface area contributed by atoms with Gasteiger partial charge in [-0.2, -0.15) is 4.98 Å². The number of amides is 1. The summed E-state index contributed by atoms with van der Waals surface area (Å²) in [6, 6.07) is 1.46. The Morgan fingerprint density at radius 1 is 1.31 bits per heavy atom. The van der Waals surface area contributed by atoms with E-state index in [4.69, 9.17) is 9.47 Å². The fraction of sp³-hybridized carbons (Fsp3) is 0.520. The number of ether oxygens (including phenoxy) is 2. The number of anilines is 2. The van der Waals surface area contributed by atoms with Gasteiger partial charge in [0, 0.05) is 37.1 Å². The maximum absolute atomic E-state index is 14.5. The number of fused-ring (bicyclic) bond motifs is 3. The summed E-state index contributed by atoms with van der Waals surface area (Å²) < 4.78 is 27.7. The molecule has 0 saturated carbocycles. The first-order valence-electron chi connectivity index (χ1n) is 12.5. The van der Waals surface area contributed by atoms with Crippen LogP contribution in [0.5, 0.6) is 5.88 Å². The number of halogens is 1. The smallest absolute Gasteiger partial charge is 0.262 e. The fourth-order valence-electron chi connectivity index (χ4n) is 6.03. The van der Waals surface area contributed by atoms with E-state index in [0.29, 0.717) is 36.5 Å². The van der Waals surface area contributed by atoms with Crippen molar-refractivity contribution in [3.63, 3.8) is 0 Å². The number of pyridine rings is 1. The van der Waals surface area contributed by atoms with Crippen molar-refractivity contribution in [2.45, 2.75) is 32.7 Å². The first-order valence-corrected chi connectivity index (χ1v) is 12.5. The summed E-state index contributed by atoms with van der Waals surface area (Å²) in [5.41, 5.74) is 1.57. The number of nitrogens with zero attached hydrogens (tertiary/aromatic N) is 5. The Kier molecular flexibility index (Phi) is 5.76. The van der Waals surface area contributed by atoms with Crippen molar-refractivity contribution in [3.8, 4) is 5.88 Å². The molecule has 2 N–H and O–H groups in total. The van der Waals surface area contributed by atoms with Gasteiger partial charge in [-0.25, -0.2) is 14.4 Å². The number of carbonyl (C=O) groups excluding carboxylic acids is 1. The Bertz CT molecular complexity index is 1310. The number of aromatic nitrogens is 4. The van der Waals surface area contributed by atoms with Crippen LogP contribution in [0, 0.1) is 24.1 Å². The van der Waals surface area contributed by atoms with Crippen LogP contribution in [0.15, 0.2) is 24.7 Å². The average molecular weight is 496 g/mol. The van der Waals surface area contributed by atoms with Gasteiger partial charge in [0.2, 0.25) is 11.8 Å². The van der Waals surface area contributed by atoms with Crippen LogP contribution in [0.1, 0.15) is 35.8 Å². The van der Waals surface area contributed by atoms with Crippen molar-refractivity contribution in [1.82, 2.24) is 24.7 Å². The standard InChI is InChI=1S/C25H30FN7O3/c1-3-36-23-17(22(34)30-16-8-19(26)21-29-15(2)10-32(21)11-16)9-28-24(31-23)33-14-25(4-6-27-7-5-25)18-12-35-13-20(18)33/h8-11,18,20,27H,3-7,12-14H2,1-2H3,(H,30,34)/t18-,20+/m0/s1. The molecule has 190 valence electrons. The van der Waals surface area contributed by atoms with E-state index < -0.39 is 11.7 Å². The maximum Gasteiger partial charge on any atom is 0.262 e. The van der Waals surface area contributed by atoms with Crippen molar-refractivity contribution in [2.75, 3.05) is 49.7 Å². The molecule has 10 nitrogen and oxygen atoms in total. The summed E-state index contributed by atoms with van der Waals surface area (Å²) in [7, 11) is 0. The topological polar surface area (TPSA) is 106 Å². The van der Waals surface area contributed by atoms with E-state index in [9.17, 15) is 9.18 Å². The largest absolute Gasteiger partial charge is 0.477 e. The van der Waals surface area contributed by atoms with E-state index in [1.54, 1.807) is 23.7 Å². The van der Waals surface area contributed by atoms with Crippen LogP contribution in [0.4, 0.5) is 16.0 Å². The molecule has 0 unspecified atom stereocenters. The monoisotopic (exact) mass is 495 g/mol. The molecule has 0 radical (unpaired) electrons. The van der Waals surface area contributed by atoms with Gasteiger partial charge in [0.25, 0.3) is 5.91 Å². The van der Waals surface area contributed by atoms with Crippen LogP contribution in [0.2, 0.25) is 0 Å². The molecule has 0 aliphatic carbocycles. The molecule has 3 aromatic rings. The van der Waals surface area contributed by atoms with E-state index in [2.05, 4.69) is 30.5 Å². The molecule has 36 heavy (non-hydrogen) atoms. The SMILES string of the molecule is CCOc1nc(N2CC3(CCNCC3)[C@H]3COC[C@H]32)ncc1C(=O)Nc1cc(F)c2nc(C)cn2c1. The summed E-state index contributed by atoms with van der Waals surface area (Å²) in [6.45, 7) is 8.26. The molecule has 11 heteroatoms. The molecule has 3 fully saturated rings. The first kappa shape index (κ1) is 23.1. The normalized spacial score (nSPS) is 22.8. The highest BCUT2D eigenvalue weighted by atomic mass is 19.1. The summed E-state index contributed by atoms with van der Waals surface area (Å²) in [5.74, 6) is 0.206. The summed E-state index contributed by atoms with van der Waals surface area (Å²) >= 11 is 0. The van der Waals surface area contributed by atoms with Crippen molar-refractivity contribution >= 4 is 23.2 Å². The fourth-order valence-corrected chi connectivity index (χ4v) is 6.03. The highest BCUT2D eigenvalue weighted by molar-refractivity contribution is 6.05. The predicted molar refractivity (Wildman–Crippen MR) is 131 cm³/mol. The molecule has 3 aliphatic rings. The van der Waals surface area contributed by atoms with Crippen LogP contribution >= 0.6 is 0 Å². The van der Waals surface area contributed by atoms with Crippen LogP contribution in [-0.4, -0.2) is 70.8 Å². The molecule has 3 aromatic heterocycles. The molecule has 2 atom stereocenters. The highest BCUT2D eigenvalue weighted by Crippen LogP contribution is 2.50. The molecule has 6 heterocycles. The van der Waals surface area contributed by atoms with Crippen LogP contribution < -0.4 is 20.3 Å². The number of piperidine rings is 1. The molecule has 0 bridgehead atoms. The number of nitrogens with one attached hydrogen (secondary N) is 2. The predicted octanol–water partition coefficient (Wildman–Crippen LogP) is 2.43. The zero-order valence-corrected chi connectivity index (χ0v) is 20.5. The first-order chi connectivity index (χ1) is 17.5.